The highest BCUT2D eigenvalue weighted by Crippen LogP contribution is 2.27. The maximum absolute atomic E-state index is 12.5. The first-order chi connectivity index (χ1) is 11.1. The molecule has 1 aromatic rings. The second-order valence-electron chi connectivity index (χ2n) is 6.96. The topological polar surface area (TPSA) is 62.5 Å². The maximum Gasteiger partial charge on any atom is 0.233 e. The summed E-state index contributed by atoms with van der Waals surface area (Å²) in [5.41, 5.74) is 0. The van der Waals surface area contributed by atoms with Crippen molar-refractivity contribution in [1.29, 1.82) is 0 Å². The highest BCUT2D eigenvalue weighted by atomic mass is 16.4. The van der Waals surface area contributed by atoms with Crippen molar-refractivity contribution in [3.05, 3.63) is 11.8 Å². The zero-order valence-electron chi connectivity index (χ0n) is 14.3. The number of carbonyl (C=O) groups excluding carboxylic acids is 1. The molecule has 1 aromatic heterocycles. The van der Waals surface area contributed by atoms with Crippen LogP contribution in [0.3, 0.4) is 0 Å². The van der Waals surface area contributed by atoms with Gasteiger partial charge in [-0.15, -0.1) is 10.2 Å². The van der Waals surface area contributed by atoms with Crippen molar-refractivity contribution in [3.63, 3.8) is 0 Å². The molecule has 2 aliphatic rings. The molecular weight excluding hydrogens is 292 g/mol. The lowest BCUT2D eigenvalue weighted by Gasteiger charge is -2.37. The standard InChI is InChI=1S/C17H28N4O2/c1-13(17-19-18-14(2)23-17)20-8-10-21(11-9-20)16(22)12-15-6-4-3-5-7-15/h13,15H,3-12H2,1-2H3/t13-/m1/s1. The molecule has 1 aliphatic carbocycles. The highest BCUT2D eigenvalue weighted by Gasteiger charge is 2.28. The summed E-state index contributed by atoms with van der Waals surface area (Å²) in [6.07, 6.45) is 7.16. The Bertz CT molecular complexity index is 516. The lowest BCUT2D eigenvalue weighted by atomic mass is 9.86. The van der Waals surface area contributed by atoms with Gasteiger partial charge in [-0.2, -0.15) is 0 Å². The van der Waals surface area contributed by atoms with Crippen LogP contribution in [0.15, 0.2) is 4.42 Å². The van der Waals surface area contributed by atoms with Gasteiger partial charge in [-0.1, -0.05) is 19.3 Å². The smallest absolute Gasteiger partial charge is 0.233 e. The molecule has 23 heavy (non-hydrogen) atoms. The van der Waals surface area contributed by atoms with Crippen molar-refractivity contribution in [2.45, 2.75) is 58.4 Å². The van der Waals surface area contributed by atoms with Crippen LogP contribution in [-0.4, -0.2) is 52.1 Å². The summed E-state index contributed by atoms with van der Waals surface area (Å²) in [7, 11) is 0. The zero-order chi connectivity index (χ0) is 16.2. The Labute approximate surface area is 138 Å². The minimum absolute atomic E-state index is 0.117. The molecule has 1 aliphatic heterocycles. The molecule has 2 heterocycles. The largest absolute Gasteiger partial charge is 0.424 e. The quantitative estimate of drug-likeness (QED) is 0.853. The summed E-state index contributed by atoms with van der Waals surface area (Å²) < 4.78 is 5.53. The van der Waals surface area contributed by atoms with Gasteiger partial charge < -0.3 is 9.32 Å². The Morgan fingerprint density at radius 3 is 2.48 bits per heavy atom. The second-order valence-corrected chi connectivity index (χ2v) is 6.96. The average molecular weight is 320 g/mol. The van der Waals surface area contributed by atoms with Crippen molar-refractivity contribution < 1.29 is 9.21 Å². The van der Waals surface area contributed by atoms with E-state index in [4.69, 9.17) is 4.42 Å². The van der Waals surface area contributed by atoms with Crippen LogP contribution in [0.2, 0.25) is 0 Å². The molecule has 6 heteroatoms. The van der Waals surface area contributed by atoms with E-state index in [1.54, 1.807) is 0 Å². The third-order valence-corrected chi connectivity index (χ3v) is 5.30. The van der Waals surface area contributed by atoms with Gasteiger partial charge in [0.25, 0.3) is 0 Å². The number of hydrogen-bond acceptors (Lipinski definition) is 5. The van der Waals surface area contributed by atoms with E-state index in [0.29, 0.717) is 23.6 Å². The third-order valence-electron chi connectivity index (χ3n) is 5.30. The van der Waals surface area contributed by atoms with Gasteiger partial charge in [-0.3, -0.25) is 9.69 Å². The van der Waals surface area contributed by atoms with E-state index in [2.05, 4.69) is 22.0 Å². The number of amides is 1. The number of piperazine rings is 1. The first kappa shape index (κ1) is 16.4. The SMILES string of the molecule is Cc1nnc([C@@H](C)N2CCN(C(=O)CC3CCCCC3)CC2)o1. The predicted octanol–water partition coefficient (Wildman–Crippen LogP) is 2.55. The van der Waals surface area contributed by atoms with Crippen molar-refractivity contribution in [2.24, 2.45) is 5.92 Å². The zero-order valence-corrected chi connectivity index (χ0v) is 14.3. The van der Waals surface area contributed by atoms with E-state index in [9.17, 15) is 4.79 Å². The van der Waals surface area contributed by atoms with Gasteiger partial charge in [0, 0.05) is 39.5 Å². The van der Waals surface area contributed by atoms with Crippen molar-refractivity contribution in [1.82, 2.24) is 20.0 Å². The first-order valence-corrected chi connectivity index (χ1v) is 8.95. The number of nitrogens with zero attached hydrogens (tertiary/aromatic N) is 4. The van der Waals surface area contributed by atoms with E-state index in [-0.39, 0.29) is 6.04 Å². The molecule has 1 amide bonds. The average Bonchev–Trinajstić information content (AvgIpc) is 3.02. The molecule has 0 bridgehead atoms. The maximum atomic E-state index is 12.5. The molecule has 3 rings (SSSR count). The predicted molar refractivity (Wildman–Crippen MR) is 86.8 cm³/mol. The molecule has 1 atom stereocenters. The summed E-state index contributed by atoms with van der Waals surface area (Å²) in [6.45, 7) is 7.27. The Balaban J connectivity index is 1.46. The number of rotatable bonds is 4. The van der Waals surface area contributed by atoms with Gasteiger partial charge in [0.1, 0.15) is 0 Å². The minimum atomic E-state index is 0.117. The first-order valence-electron chi connectivity index (χ1n) is 8.95. The molecule has 6 nitrogen and oxygen atoms in total. The van der Waals surface area contributed by atoms with Crippen molar-refractivity contribution >= 4 is 5.91 Å². The molecule has 128 valence electrons. The van der Waals surface area contributed by atoms with E-state index >= 15 is 0 Å². The number of carbonyl (C=O) groups is 1. The normalized spacial score (nSPS) is 22.3. The fourth-order valence-corrected chi connectivity index (χ4v) is 3.76. The van der Waals surface area contributed by atoms with E-state index in [0.717, 1.165) is 32.6 Å². The lowest BCUT2D eigenvalue weighted by Crippen LogP contribution is -2.49. The van der Waals surface area contributed by atoms with Gasteiger partial charge in [0.15, 0.2) is 0 Å². The Morgan fingerprint density at radius 2 is 1.87 bits per heavy atom. The van der Waals surface area contributed by atoms with E-state index in [1.165, 1.54) is 32.1 Å². The highest BCUT2D eigenvalue weighted by molar-refractivity contribution is 5.76. The third kappa shape index (κ3) is 4.10. The monoisotopic (exact) mass is 320 g/mol. The van der Waals surface area contributed by atoms with Crippen LogP contribution in [0, 0.1) is 12.8 Å². The molecule has 0 radical (unpaired) electrons. The van der Waals surface area contributed by atoms with Crippen molar-refractivity contribution in [2.75, 3.05) is 26.2 Å². The molecule has 0 aromatic carbocycles. The molecule has 0 N–H and O–H groups in total. The lowest BCUT2D eigenvalue weighted by molar-refractivity contribution is -0.134. The number of aryl methyl sites for hydroxylation is 1. The fraction of sp³-hybridized carbons (Fsp3) is 0.824. The second kappa shape index (κ2) is 7.43. The fourth-order valence-electron chi connectivity index (χ4n) is 3.76. The van der Waals surface area contributed by atoms with Crippen LogP contribution in [-0.2, 0) is 4.79 Å². The van der Waals surface area contributed by atoms with Gasteiger partial charge >= 0.3 is 0 Å². The van der Waals surface area contributed by atoms with Gasteiger partial charge in [0.2, 0.25) is 17.7 Å². The molecular formula is C17H28N4O2. The van der Waals surface area contributed by atoms with Crippen LogP contribution in [0.5, 0.6) is 0 Å². The Hall–Kier alpha value is -1.43. The van der Waals surface area contributed by atoms with Crippen LogP contribution in [0.25, 0.3) is 0 Å². The van der Waals surface area contributed by atoms with Crippen LogP contribution in [0.4, 0.5) is 0 Å². The molecule has 0 spiro atoms. The Morgan fingerprint density at radius 1 is 1.17 bits per heavy atom. The number of aromatic nitrogens is 2. The summed E-state index contributed by atoms with van der Waals surface area (Å²) in [4.78, 5) is 16.8. The van der Waals surface area contributed by atoms with E-state index < -0.39 is 0 Å². The Kier molecular flexibility index (Phi) is 5.30. The summed E-state index contributed by atoms with van der Waals surface area (Å²) in [5, 5.41) is 8.02. The molecule has 2 fully saturated rings. The van der Waals surface area contributed by atoms with Crippen LogP contribution < -0.4 is 0 Å². The van der Waals surface area contributed by atoms with Gasteiger partial charge in [-0.25, -0.2) is 0 Å². The summed E-state index contributed by atoms with van der Waals surface area (Å²) in [6, 6.07) is 0.117. The van der Waals surface area contributed by atoms with E-state index in [1.807, 2.05) is 11.8 Å². The summed E-state index contributed by atoms with van der Waals surface area (Å²) in [5.74, 6) is 2.24. The van der Waals surface area contributed by atoms with Crippen LogP contribution >= 0.6 is 0 Å². The number of hydrogen-bond donors (Lipinski definition) is 0. The minimum Gasteiger partial charge on any atom is -0.424 e. The van der Waals surface area contributed by atoms with Crippen LogP contribution in [0.1, 0.15) is 63.3 Å². The molecule has 0 unspecified atom stereocenters. The molecule has 1 saturated heterocycles. The van der Waals surface area contributed by atoms with Gasteiger partial charge in [0.05, 0.1) is 6.04 Å². The van der Waals surface area contributed by atoms with Gasteiger partial charge in [-0.05, 0) is 25.7 Å². The molecule has 1 saturated carbocycles. The summed E-state index contributed by atoms with van der Waals surface area (Å²) >= 11 is 0. The van der Waals surface area contributed by atoms with Crippen molar-refractivity contribution in [3.8, 4) is 0 Å².